The second-order valence-corrected chi connectivity index (χ2v) is 8.90. The quantitative estimate of drug-likeness (QED) is 0.392. The average molecular weight is 460 g/mol. The lowest BCUT2D eigenvalue weighted by molar-refractivity contribution is -0.140. The van der Waals surface area contributed by atoms with Gasteiger partial charge in [-0.25, -0.2) is 4.39 Å². The fourth-order valence-corrected chi connectivity index (χ4v) is 5.85. The molecule has 30 heavy (non-hydrogen) atoms. The second-order valence-electron chi connectivity index (χ2n) is 7.22. The van der Waals surface area contributed by atoms with E-state index < -0.39 is 51.3 Å². The lowest BCUT2D eigenvalue weighted by Gasteiger charge is -2.56. The fraction of sp³-hybridized carbons (Fsp3) is 0.300. The largest absolute Gasteiger partial charge is 0.480 e. The van der Waals surface area contributed by atoms with Crippen molar-refractivity contribution in [3.8, 4) is 0 Å². The van der Waals surface area contributed by atoms with E-state index >= 15 is 0 Å². The number of amides is 1. The van der Waals surface area contributed by atoms with Crippen LogP contribution in [0, 0.1) is 12.7 Å². The van der Waals surface area contributed by atoms with Gasteiger partial charge in [0.25, 0.3) is 0 Å². The zero-order valence-corrected chi connectivity index (χ0v) is 16.9. The third kappa shape index (κ3) is 2.90. The van der Waals surface area contributed by atoms with Crippen molar-refractivity contribution in [3.63, 3.8) is 0 Å². The van der Waals surface area contributed by atoms with E-state index in [1.165, 1.54) is 24.3 Å². The summed E-state index contributed by atoms with van der Waals surface area (Å²) in [4.78, 5) is 25.7. The molecule has 158 valence electrons. The SMILES string of the molecule is Cc1cc(F)ccc1C12CC(C(=O)O)Sc3cccc(C(F)(F)F)c3N1C(=O)C2Cl. The number of hydrogen-bond donors (Lipinski definition) is 1. The van der Waals surface area contributed by atoms with Crippen LogP contribution in [0.4, 0.5) is 23.2 Å². The van der Waals surface area contributed by atoms with Gasteiger partial charge < -0.3 is 5.11 Å². The van der Waals surface area contributed by atoms with Crippen molar-refractivity contribution < 1.29 is 32.3 Å². The first-order chi connectivity index (χ1) is 14.0. The van der Waals surface area contributed by atoms with E-state index in [0.29, 0.717) is 11.1 Å². The van der Waals surface area contributed by atoms with Gasteiger partial charge >= 0.3 is 12.1 Å². The predicted octanol–water partition coefficient (Wildman–Crippen LogP) is 4.95. The molecule has 1 amide bonds. The van der Waals surface area contributed by atoms with E-state index in [4.69, 9.17) is 11.6 Å². The van der Waals surface area contributed by atoms with E-state index in [2.05, 4.69) is 0 Å². The summed E-state index contributed by atoms with van der Waals surface area (Å²) >= 11 is 7.13. The topological polar surface area (TPSA) is 57.6 Å². The van der Waals surface area contributed by atoms with Crippen molar-refractivity contribution in [3.05, 3.63) is 58.9 Å². The number of nitrogens with zero attached hydrogens (tertiary/aromatic N) is 1. The number of anilines is 1. The summed E-state index contributed by atoms with van der Waals surface area (Å²) in [6.45, 7) is 1.54. The molecule has 0 aromatic heterocycles. The summed E-state index contributed by atoms with van der Waals surface area (Å²) in [5.74, 6) is -2.57. The van der Waals surface area contributed by atoms with E-state index in [1.54, 1.807) is 6.92 Å². The number of aliphatic carboxylic acids is 1. The molecule has 0 radical (unpaired) electrons. The summed E-state index contributed by atoms with van der Waals surface area (Å²) in [7, 11) is 0. The zero-order chi connectivity index (χ0) is 22.0. The number of benzene rings is 2. The minimum Gasteiger partial charge on any atom is -0.480 e. The summed E-state index contributed by atoms with van der Waals surface area (Å²) in [5, 5.41) is 7.26. The second kappa shape index (κ2) is 6.88. The van der Waals surface area contributed by atoms with Crippen LogP contribution in [0.25, 0.3) is 0 Å². The van der Waals surface area contributed by atoms with Gasteiger partial charge in [0.2, 0.25) is 5.91 Å². The highest BCUT2D eigenvalue weighted by molar-refractivity contribution is 8.00. The maximum Gasteiger partial charge on any atom is 0.418 e. The molecule has 3 atom stereocenters. The standard InChI is InChI=1S/C20H14ClF4NO3S/c1-9-7-10(22)5-6-11(9)19-8-14(18(28)29)30-13-4-2-3-12(20(23,24)25)15(13)26(19)17(27)16(19)21/h2-7,14,16H,8H2,1H3,(H,28,29). The number of rotatable bonds is 2. The Morgan fingerprint density at radius 3 is 2.60 bits per heavy atom. The van der Waals surface area contributed by atoms with Gasteiger partial charge in [-0.15, -0.1) is 23.4 Å². The smallest absolute Gasteiger partial charge is 0.418 e. The van der Waals surface area contributed by atoms with Crippen LogP contribution in [-0.4, -0.2) is 27.6 Å². The number of carboxylic acid groups (broad SMARTS) is 1. The van der Waals surface area contributed by atoms with Gasteiger partial charge in [0, 0.05) is 11.3 Å². The Morgan fingerprint density at radius 1 is 1.30 bits per heavy atom. The minimum atomic E-state index is -4.78. The van der Waals surface area contributed by atoms with Gasteiger partial charge in [-0.05, 0) is 42.3 Å². The van der Waals surface area contributed by atoms with Gasteiger partial charge in [0.1, 0.15) is 22.0 Å². The number of halogens is 5. The molecule has 2 aromatic carbocycles. The Balaban J connectivity index is 2.05. The van der Waals surface area contributed by atoms with Crippen LogP contribution in [0.15, 0.2) is 41.3 Å². The van der Waals surface area contributed by atoms with Gasteiger partial charge in [0.05, 0.1) is 11.3 Å². The lowest BCUT2D eigenvalue weighted by atomic mass is 9.71. The number of para-hydroxylation sites is 1. The molecule has 1 N–H and O–H groups in total. The van der Waals surface area contributed by atoms with Crippen LogP contribution in [0.3, 0.4) is 0 Å². The Morgan fingerprint density at radius 2 is 2.00 bits per heavy atom. The minimum absolute atomic E-state index is 0.0239. The van der Waals surface area contributed by atoms with Gasteiger partial charge in [-0.3, -0.25) is 14.5 Å². The molecule has 10 heteroatoms. The highest BCUT2D eigenvalue weighted by atomic mass is 35.5. The number of alkyl halides is 4. The predicted molar refractivity (Wildman–Crippen MR) is 103 cm³/mol. The summed E-state index contributed by atoms with van der Waals surface area (Å²) in [6.07, 6.45) is -5.01. The molecule has 4 nitrogen and oxygen atoms in total. The summed E-state index contributed by atoms with van der Waals surface area (Å²) in [6, 6.07) is 7.02. The maximum absolute atomic E-state index is 13.8. The van der Waals surface area contributed by atoms with Crippen LogP contribution in [0.1, 0.15) is 23.1 Å². The van der Waals surface area contributed by atoms with Gasteiger partial charge in [-0.2, -0.15) is 13.2 Å². The van der Waals surface area contributed by atoms with Crippen LogP contribution in [-0.2, 0) is 21.3 Å². The first-order valence-corrected chi connectivity index (χ1v) is 10.1. The first-order valence-electron chi connectivity index (χ1n) is 8.83. The van der Waals surface area contributed by atoms with Crippen LogP contribution in [0.5, 0.6) is 0 Å². The van der Waals surface area contributed by atoms with E-state index in [9.17, 15) is 32.3 Å². The molecule has 4 rings (SSSR count). The van der Waals surface area contributed by atoms with Gasteiger partial charge in [-0.1, -0.05) is 12.1 Å². The van der Waals surface area contributed by atoms with E-state index in [1.807, 2.05) is 0 Å². The number of thioether (sulfide) groups is 1. The number of β-lactam (4-membered cyclic amide) rings is 1. The van der Waals surface area contributed by atoms with E-state index in [-0.39, 0.29) is 11.3 Å². The van der Waals surface area contributed by atoms with Crippen LogP contribution in [0.2, 0.25) is 0 Å². The molecule has 2 aliphatic heterocycles. The summed E-state index contributed by atoms with van der Waals surface area (Å²) in [5.41, 5.74) is -2.34. The number of carbonyl (C=O) groups excluding carboxylic acids is 1. The molecule has 2 aromatic rings. The van der Waals surface area contributed by atoms with Crippen molar-refractivity contribution in [1.29, 1.82) is 0 Å². The molecule has 0 saturated carbocycles. The maximum atomic E-state index is 13.8. The Labute approximate surface area is 177 Å². The highest BCUT2D eigenvalue weighted by Crippen LogP contribution is 2.59. The number of carboxylic acids is 1. The van der Waals surface area contributed by atoms with E-state index in [0.717, 1.165) is 28.8 Å². The molecule has 2 aliphatic rings. The molecule has 0 spiro atoms. The van der Waals surface area contributed by atoms with Gasteiger partial charge in [0.15, 0.2) is 0 Å². The van der Waals surface area contributed by atoms with Crippen molar-refractivity contribution in [1.82, 2.24) is 0 Å². The molecule has 0 aliphatic carbocycles. The monoisotopic (exact) mass is 459 g/mol. The molecular formula is C20H14ClF4NO3S. The number of aryl methyl sites for hydroxylation is 1. The Hall–Kier alpha value is -2.26. The highest BCUT2D eigenvalue weighted by Gasteiger charge is 2.65. The molecule has 1 fully saturated rings. The average Bonchev–Trinajstić information content (AvgIpc) is 2.79. The first kappa shape index (κ1) is 21.0. The molecule has 0 bridgehead atoms. The van der Waals surface area contributed by atoms with Crippen molar-refractivity contribution in [2.75, 3.05) is 4.90 Å². The third-order valence-electron chi connectivity index (χ3n) is 5.48. The molecule has 3 unspecified atom stereocenters. The molecule has 1 saturated heterocycles. The van der Waals surface area contributed by atoms with Crippen LogP contribution < -0.4 is 4.90 Å². The van der Waals surface area contributed by atoms with Crippen LogP contribution >= 0.6 is 23.4 Å². The number of hydrogen-bond acceptors (Lipinski definition) is 3. The zero-order valence-electron chi connectivity index (χ0n) is 15.3. The molecular weight excluding hydrogens is 446 g/mol. The summed E-state index contributed by atoms with van der Waals surface area (Å²) < 4.78 is 55.2. The Bertz CT molecular complexity index is 1080. The third-order valence-corrected chi connectivity index (χ3v) is 7.26. The fourth-order valence-electron chi connectivity index (χ4n) is 4.24. The normalized spacial score (nSPS) is 25.8. The lowest BCUT2D eigenvalue weighted by Crippen LogP contribution is -2.71. The van der Waals surface area contributed by atoms with Crippen molar-refractivity contribution >= 4 is 40.9 Å². The van der Waals surface area contributed by atoms with Crippen molar-refractivity contribution in [2.45, 2.75) is 40.6 Å². The Kier molecular flexibility index (Phi) is 4.81. The molecule has 2 heterocycles. The number of fused-ring (bicyclic) bond motifs is 3. The van der Waals surface area contributed by atoms with Crippen molar-refractivity contribution in [2.24, 2.45) is 0 Å². The number of carbonyl (C=O) groups is 2.